The summed E-state index contributed by atoms with van der Waals surface area (Å²) in [6, 6.07) is 0. The van der Waals surface area contributed by atoms with Crippen LogP contribution in [-0.2, 0) is 4.74 Å². The van der Waals surface area contributed by atoms with E-state index in [2.05, 4.69) is 18.7 Å². The lowest BCUT2D eigenvalue weighted by atomic mass is 9.87. The number of ether oxygens (including phenoxy) is 1. The predicted molar refractivity (Wildman–Crippen MR) is 71.0 cm³/mol. The van der Waals surface area contributed by atoms with Crippen molar-refractivity contribution < 1.29 is 4.74 Å². The zero-order chi connectivity index (χ0) is 12.5. The molecule has 2 N–H and O–H groups in total. The lowest BCUT2D eigenvalue weighted by Crippen LogP contribution is -2.51. The molecule has 0 amide bonds. The second kappa shape index (κ2) is 4.87. The highest BCUT2D eigenvalue weighted by atomic mass is 16.5. The maximum Gasteiger partial charge on any atom is 0.0503 e. The van der Waals surface area contributed by atoms with Crippen LogP contribution in [-0.4, -0.2) is 43.8 Å². The van der Waals surface area contributed by atoms with E-state index in [0.717, 1.165) is 13.2 Å². The van der Waals surface area contributed by atoms with Gasteiger partial charge in [0.15, 0.2) is 0 Å². The average molecular weight is 240 g/mol. The smallest absolute Gasteiger partial charge is 0.0503 e. The van der Waals surface area contributed by atoms with Gasteiger partial charge in [-0.25, -0.2) is 0 Å². The van der Waals surface area contributed by atoms with E-state index < -0.39 is 0 Å². The van der Waals surface area contributed by atoms with E-state index in [1.807, 2.05) is 0 Å². The Morgan fingerprint density at radius 3 is 2.65 bits per heavy atom. The molecule has 2 rings (SSSR count). The van der Waals surface area contributed by atoms with Crippen LogP contribution in [0.4, 0.5) is 0 Å². The third-order valence-electron chi connectivity index (χ3n) is 4.81. The van der Waals surface area contributed by atoms with Crippen LogP contribution < -0.4 is 5.73 Å². The molecule has 0 aromatic carbocycles. The lowest BCUT2D eigenvalue weighted by Gasteiger charge is -2.39. The molecule has 1 heterocycles. The van der Waals surface area contributed by atoms with Crippen molar-refractivity contribution in [1.82, 2.24) is 4.90 Å². The van der Waals surface area contributed by atoms with Crippen LogP contribution in [0.15, 0.2) is 0 Å². The van der Waals surface area contributed by atoms with Gasteiger partial charge >= 0.3 is 0 Å². The zero-order valence-electron chi connectivity index (χ0n) is 11.7. The first-order chi connectivity index (χ1) is 8.01. The SMILES string of the molecule is COCC1CCN(C2(CN)CCC(C)(C)C2)C1. The van der Waals surface area contributed by atoms with Crippen molar-refractivity contribution >= 4 is 0 Å². The van der Waals surface area contributed by atoms with Crippen LogP contribution in [0.5, 0.6) is 0 Å². The maximum absolute atomic E-state index is 6.12. The molecule has 100 valence electrons. The molecule has 1 aliphatic heterocycles. The second-order valence-corrected chi connectivity index (χ2v) is 6.83. The highest BCUT2D eigenvalue weighted by molar-refractivity contribution is 5.03. The molecule has 0 spiro atoms. The van der Waals surface area contributed by atoms with Gasteiger partial charge in [0.05, 0.1) is 6.61 Å². The average Bonchev–Trinajstić information content (AvgIpc) is 2.84. The molecule has 0 aromatic heterocycles. The minimum absolute atomic E-state index is 0.284. The number of rotatable bonds is 4. The van der Waals surface area contributed by atoms with Gasteiger partial charge < -0.3 is 10.5 Å². The molecule has 0 aromatic rings. The van der Waals surface area contributed by atoms with Crippen molar-refractivity contribution in [2.24, 2.45) is 17.1 Å². The third-order valence-corrected chi connectivity index (χ3v) is 4.81. The number of hydrogen-bond acceptors (Lipinski definition) is 3. The van der Waals surface area contributed by atoms with E-state index in [4.69, 9.17) is 10.5 Å². The minimum Gasteiger partial charge on any atom is -0.384 e. The van der Waals surface area contributed by atoms with Gasteiger partial charge in [-0.3, -0.25) is 4.90 Å². The molecule has 2 unspecified atom stereocenters. The van der Waals surface area contributed by atoms with E-state index in [9.17, 15) is 0 Å². The first-order valence-corrected chi connectivity index (χ1v) is 6.95. The van der Waals surface area contributed by atoms with E-state index in [-0.39, 0.29) is 5.54 Å². The summed E-state index contributed by atoms with van der Waals surface area (Å²) in [4.78, 5) is 2.66. The Morgan fingerprint density at radius 2 is 2.12 bits per heavy atom. The largest absolute Gasteiger partial charge is 0.384 e. The van der Waals surface area contributed by atoms with Crippen molar-refractivity contribution in [3.63, 3.8) is 0 Å². The summed E-state index contributed by atoms with van der Waals surface area (Å²) in [6.45, 7) is 8.87. The summed E-state index contributed by atoms with van der Waals surface area (Å²) in [5.41, 5.74) is 6.87. The fourth-order valence-corrected chi connectivity index (χ4v) is 3.85. The quantitative estimate of drug-likeness (QED) is 0.815. The van der Waals surface area contributed by atoms with Gasteiger partial charge in [-0.05, 0) is 43.6 Å². The van der Waals surface area contributed by atoms with Crippen molar-refractivity contribution in [3.8, 4) is 0 Å². The molecule has 0 bridgehead atoms. The van der Waals surface area contributed by atoms with Gasteiger partial charge in [0.1, 0.15) is 0 Å². The summed E-state index contributed by atoms with van der Waals surface area (Å²) in [6.07, 6.45) is 5.12. The molecule has 0 radical (unpaired) electrons. The second-order valence-electron chi connectivity index (χ2n) is 6.83. The number of hydrogen-bond donors (Lipinski definition) is 1. The van der Waals surface area contributed by atoms with Gasteiger partial charge in [0.25, 0.3) is 0 Å². The van der Waals surface area contributed by atoms with Crippen molar-refractivity contribution in [1.29, 1.82) is 0 Å². The number of nitrogens with two attached hydrogens (primary N) is 1. The van der Waals surface area contributed by atoms with Crippen LogP contribution >= 0.6 is 0 Å². The predicted octanol–water partition coefficient (Wildman–Crippen LogP) is 1.86. The molecule has 1 aliphatic carbocycles. The molecule has 2 aliphatic rings. The van der Waals surface area contributed by atoms with Gasteiger partial charge in [-0.2, -0.15) is 0 Å². The number of nitrogens with zero attached hydrogens (tertiary/aromatic N) is 1. The van der Waals surface area contributed by atoms with Gasteiger partial charge in [0.2, 0.25) is 0 Å². The van der Waals surface area contributed by atoms with Gasteiger partial charge in [-0.1, -0.05) is 13.8 Å². The zero-order valence-corrected chi connectivity index (χ0v) is 11.7. The molecule has 2 fully saturated rings. The van der Waals surface area contributed by atoms with E-state index >= 15 is 0 Å². The minimum atomic E-state index is 0.284. The Balaban J connectivity index is 2.01. The van der Waals surface area contributed by atoms with E-state index in [0.29, 0.717) is 11.3 Å². The van der Waals surface area contributed by atoms with Crippen LogP contribution in [0.2, 0.25) is 0 Å². The first-order valence-electron chi connectivity index (χ1n) is 6.95. The molecule has 3 heteroatoms. The Labute approximate surface area is 106 Å². The summed E-state index contributed by atoms with van der Waals surface area (Å²) >= 11 is 0. The molecule has 3 nitrogen and oxygen atoms in total. The summed E-state index contributed by atoms with van der Waals surface area (Å²) in [5, 5.41) is 0. The lowest BCUT2D eigenvalue weighted by molar-refractivity contribution is 0.0988. The van der Waals surface area contributed by atoms with Crippen LogP contribution in [0.25, 0.3) is 0 Å². The molecule has 2 atom stereocenters. The van der Waals surface area contributed by atoms with Crippen LogP contribution in [0.3, 0.4) is 0 Å². The molecule has 1 saturated carbocycles. The Hall–Kier alpha value is -0.120. The standard InChI is InChI=1S/C14H28N2O/c1-13(2)5-6-14(10-13,11-15)16-7-4-12(8-16)9-17-3/h12H,4-11,15H2,1-3H3. The highest BCUT2D eigenvalue weighted by Gasteiger charge is 2.47. The molecular formula is C14H28N2O. The third kappa shape index (κ3) is 2.67. The normalized spacial score (nSPS) is 37.8. The fourth-order valence-electron chi connectivity index (χ4n) is 3.85. The van der Waals surface area contributed by atoms with Crippen LogP contribution in [0.1, 0.15) is 39.5 Å². The van der Waals surface area contributed by atoms with Crippen LogP contribution in [0, 0.1) is 11.3 Å². The van der Waals surface area contributed by atoms with Crippen molar-refractivity contribution in [2.75, 3.05) is 33.4 Å². The Kier molecular flexibility index (Phi) is 3.81. The number of methoxy groups -OCH3 is 1. The number of likely N-dealkylation sites (tertiary alicyclic amines) is 1. The summed E-state index contributed by atoms with van der Waals surface area (Å²) < 4.78 is 5.29. The maximum atomic E-state index is 6.12. The first kappa shape index (κ1) is 13.3. The van der Waals surface area contributed by atoms with E-state index in [1.54, 1.807) is 7.11 Å². The molecular weight excluding hydrogens is 212 g/mol. The molecule has 1 saturated heterocycles. The topological polar surface area (TPSA) is 38.5 Å². The highest BCUT2D eigenvalue weighted by Crippen LogP contribution is 2.47. The van der Waals surface area contributed by atoms with Crippen molar-refractivity contribution in [2.45, 2.75) is 45.1 Å². The summed E-state index contributed by atoms with van der Waals surface area (Å²) in [7, 11) is 1.81. The fraction of sp³-hybridized carbons (Fsp3) is 1.00. The van der Waals surface area contributed by atoms with E-state index in [1.165, 1.54) is 38.8 Å². The van der Waals surface area contributed by atoms with Gasteiger partial charge in [-0.15, -0.1) is 0 Å². The monoisotopic (exact) mass is 240 g/mol. The van der Waals surface area contributed by atoms with Crippen molar-refractivity contribution in [3.05, 3.63) is 0 Å². The Morgan fingerprint density at radius 1 is 1.35 bits per heavy atom. The molecule has 17 heavy (non-hydrogen) atoms. The Bertz CT molecular complexity index is 267. The van der Waals surface area contributed by atoms with Gasteiger partial charge in [0, 0.05) is 25.7 Å². The summed E-state index contributed by atoms with van der Waals surface area (Å²) in [5.74, 6) is 0.715.